The molecule has 0 N–H and O–H groups in total. The molecule has 0 aliphatic carbocycles. The second-order valence-corrected chi connectivity index (χ2v) is 7.09. The van der Waals surface area contributed by atoms with Crippen LogP contribution in [0.2, 0.25) is 0 Å². The van der Waals surface area contributed by atoms with Gasteiger partial charge in [0.25, 0.3) is 0 Å². The van der Waals surface area contributed by atoms with Gasteiger partial charge in [0, 0.05) is 32.7 Å². The monoisotopic (exact) mass is 342 g/mol. The van der Waals surface area contributed by atoms with E-state index in [0.29, 0.717) is 5.92 Å². The molecule has 0 bridgehead atoms. The average Bonchev–Trinajstić information content (AvgIpc) is 3.13. The second kappa shape index (κ2) is 7.49. The van der Waals surface area contributed by atoms with Gasteiger partial charge >= 0.3 is 0 Å². The minimum absolute atomic E-state index is 0.662. The fraction of sp³-hybridized carbons (Fsp3) is 0.611. The van der Waals surface area contributed by atoms with E-state index in [1.165, 1.54) is 18.4 Å². The van der Waals surface area contributed by atoms with Crippen molar-refractivity contribution in [1.82, 2.24) is 25.1 Å². The van der Waals surface area contributed by atoms with Crippen molar-refractivity contribution in [3.63, 3.8) is 0 Å². The average molecular weight is 342 g/mol. The van der Waals surface area contributed by atoms with Gasteiger partial charge in [0.1, 0.15) is 0 Å². The highest BCUT2D eigenvalue weighted by Gasteiger charge is 2.26. The molecule has 1 aromatic carbocycles. The van der Waals surface area contributed by atoms with Gasteiger partial charge in [0.2, 0.25) is 5.95 Å². The van der Waals surface area contributed by atoms with E-state index in [0.717, 1.165) is 57.6 Å². The van der Waals surface area contributed by atoms with Crippen LogP contribution in [0.25, 0.3) is 5.69 Å². The summed E-state index contributed by atoms with van der Waals surface area (Å²) in [6, 6.07) is 8.34. The Hall–Kier alpha value is -1.99. The van der Waals surface area contributed by atoms with E-state index in [9.17, 15) is 0 Å². The highest BCUT2D eigenvalue weighted by atomic mass is 16.5. The molecule has 3 heterocycles. The normalized spacial score (nSPS) is 22.3. The molecule has 0 spiro atoms. The smallest absolute Gasteiger partial charge is 0.250 e. The lowest BCUT2D eigenvalue weighted by atomic mass is 9.97. The quantitative estimate of drug-likeness (QED) is 0.840. The van der Waals surface area contributed by atoms with E-state index < -0.39 is 0 Å². The molecule has 0 radical (unpaired) electrons. The molecule has 1 aromatic heterocycles. The summed E-state index contributed by atoms with van der Waals surface area (Å²) in [5, 5.41) is 12.5. The number of aryl methyl sites for hydroxylation is 1. The van der Waals surface area contributed by atoms with Crippen LogP contribution in [0.5, 0.6) is 0 Å². The molecule has 4 rings (SSSR count). The van der Waals surface area contributed by atoms with Crippen molar-refractivity contribution in [2.45, 2.75) is 19.8 Å². The van der Waals surface area contributed by atoms with Crippen LogP contribution in [0.1, 0.15) is 18.4 Å². The molecular formula is C18H26N6O. The van der Waals surface area contributed by atoms with Crippen LogP contribution in [-0.4, -0.2) is 71.0 Å². The molecule has 25 heavy (non-hydrogen) atoms. The van der Waals surface area contributed by atoms with Gasteiger partial charge in [-0.15, -0.1) is 0 Å². The van der Waals surface area contributed by atoms with Crippen molar-refractivity contribution in [3.05, 3.63) is 29.8 Å². The Kier molecular flexibility index (Phi) is 4.94. The first kappa shape index (κ1) is 16.5. The van der Waals surface area contributed by atoms with E-state index in [1.54, 1.807) is 0 Å². The van der Waals surface area contributed by atoms with Crippen LogP contribution in [-0.2, 0) is 4.74 Å². The van der Waals surface area contributed by atoms with Crippen molar-refractivity contribution in [2.24, 2.45) is 5.92 Å². The molecule has 2 aromatic rings. The highest BCUT2D eigenvalue weighted by Crippen LogP contribution is 2.24. The first-order chi connectivity index (χ1) is 12.3. The van der Waals surface area contributed by atoms with Crippen LogP contribution in [0.15, 0.2) is 24.3 Å². The SMILES string of the molecule is Cc1ccc(-n2nnnc2N2CCC[C@H](CN3CCOCC3)C2)cc1. The number of morpholine rings is 1. The Balaban J connectivity index is 1.46. The molecule has 134 valence electrons. The van der Waals surface area contributed by atoms with Gasteiger partial charge < -0.3 is 9.64 Å². The summed E-state index contributed by atoms with van der Waals surface area (Å²) < 4.78 is 7.32. The number of piperidine rings is 1. The number of hydrogen-bond acceptors (Lipinski definition) is 6. The number of benzene rings is 1. The van der Waals surface area contributed by atoms with E-state index in [4.69, 9.17) is 4.74 Å². The molecule has 2 aliphatic rings. The first-order valence-electron chi connectivity index (χ1n) is 9.20. The predicted octanol–water partition coefficient (Wildman–Crippen LogP) is 1.52. The summed E-state index contributed by atoms with van der Waals surface area (Å²) in [6.45, 7) is 9.10. The summed E-state index contributed by atoms with van der Waals surface area (Å²) >= 11 is 0. The zero-order chi connectivity index (χ0) is 17.1. The fourth-order valence-electron chi connectivity index (χ4n) is 3.78. The third-order valence-corrected chi connectivity index (χ3v) is 5.15. The molecular weight excluding hydrogens is 316 g/mol. The number of hydrogen-bond donors (Lipinski definition) is 0. The molecule has 0 saturated carbocycles. The molecule has 2 aliphatic heterocycles. The molecule has 2 fully saturated rings. The Morgan fingerprint density at radius 3 is 2.72 bits per heavy atom. The number of rotatable bonds is 4. The summed E-state index contributed by atoms with van der Waals surface area (Å²) in [7, 11) is 0. The van der Waals surface area contributed by atoms with Gasteiger partial charge in [-0.1, -0.05) is 22.8 Å². The van der Waals surface area contributed by atoms with Gasteiger partial charge in [-0.2, -0.15) is 4.68 Å². The highest BCUT2D eigenvalue weighted by molar-refractivity contribution is 5.42. The lowest BCUT2D eigenvalue weighted by Gasteiger charge is -2.36. The molecule has 1 atom stereocenters. The van der Waals surface area contributed by atoms with Crippen molar-refractivity contribution >= 4 is 5.95 Å². The Bertz CT molecular complexity index is 679. The van der Waals surface area contributed by atoms with Crippen molar-refractivity contribution in [2.75, 3.05) is 50.8 Å². The summed E-state index contributed by atoms with van der Waals surface area (Å²) in [5.74, 6) is 1.52. The number of nitrogens with zero attached hydrogens (tertiary/aromatic N) is 6. The summed E-state index contributed by atoms with van der Waals surface area (Å²) in [6.07, 6.45) is 2.47. The first-order valence-corrected chi connectivity index (χ1v) is 9.20. The van der Waals surface area contributed by atoms with Gasteiger partial charge in [0.05, 0.1) is 18.9 Å². The van der Waals surface area contributed by atoms with Crippen LogP contribution in [0, 0.1) is 12.8 Å². The fourth-order valence-corrected chi connectivity index (χ4v) is 3.78. The van der Waals surface area contributed by atoms with Crippen molar-refractivity contribution < 1.29 is 4.74 Å². The standard InChI is InChI=1S/C18H26N6O/c1-15-4-6-17(7-5-15)24-18(19-20-21-24)23-8-2-3-16(14-23)13-22-9-11-25-12-10-22/h4-7,16H,2-3,8-14H2,1H3/t16-/m1/s1. The Morgan fingerprint density at radius 1 is 1.12 bits per heavy atom. The Labute approximate surface area is 148 Å². The summed E-state index contributed by atoms with van der Waals surface area (Å²) in [4.78, 5) is 4.87. The molecule has 7 heteroatoms. The van der Waals surface area contributed by atoms with Crippen LogP contribution >= 0.6 is 0 Å². The van der Waals surface area contributed by atoms with Gasteiger partial charge in [-0.25, -0.2) is 0 Å². The van der Waals surface area contributed by atoms with Crippen LogP contribution < -0.4 is 4.90 Å². The molecule has 0 amide bonds. The molecule has 0 unspecified atom stereocenters. The topological polar surface area (TPSA) is 59.3 Å². The maximum Gasteiger partial charge on any atom is 0.250 e. The molecule has 2 saturated heterocycles. The van der Waals surface area contributed by atoms with E-state index in [1.807, 2.05) is 4.68 Å². The summed E-state index contributed by atoms with van der Waals surface area (Å²) in [5.41, 5.74) is 2.25. The molecule has 7 nitrogen and oxygen atoms in total. The van der Waals surface area contributed by atoms with Crippen LogP contribution in [0.3, 0.4) is 0 Å². The van der Waals surface area contributed by atoms with E-state index in [2.05, 4.69) is 56.5 Å². The number of ether oxygens (including phenoxy) is 1. The van der Waals surface area contributed by atoms with E-state index in [-0.39, 0.29) is 0 Å². The minimum atomic E-state index is 0.662. The maximum atomic E-state index is 5.46. The zero-order valence-corrected chi connectivity index (χ0v) is 14.8. The van der Waals surface area contributed by atoms with Gasteiger partial charge in [-0.05, 0) is 48.2 Å². The number of tetrazole rings is 1. The lowest BCUT2D eigenvalue weighted by Crippen LogP contribution is -2.45. The van der Waals surface area contributed by atoms with Crippen molar-refractivity contribution in [1.29, 1.82) is 0 Å². The second-order valence-electron chi connectivity index (χ2n) is 7.09. The van der Waals surface area contributed by atoms with Crippen LogP contribution in [0.4, 0.5) is 5.95 Å². The largest absolute Gasteiger partial charge is 0.379 e. The minimum Gasteiger partial charge on any atom is -0.379 e. The van der Waals surface area contributed by atoms with Gasteiger partial charge in [-0.3, -0.25) is 4.90 Å². The Morgan fingerprint density at radius 2 is 1.92 bits per heavy atom. The van der Waals surface area contributed by atoms with Gasteiger partial charge in [0.15, 0.2) is 0 Å². The lowest BCUT2D eigenvalue weighted by molar-refractivity contribution is 0.0296. The van der Waals surface area contributed by atoms with Crippen molar-refractivity contribution in [3.8, 4) is 5.69 Å². The maximum absolute atomic E-state index is 5.46. The van der Waals surface area contributed by atoms with E-state index >= 15 is 0 Å². The third kappa shape index (κ3) is 3.82. The third-order valence-electron chi connectivity index (χ3n) is 5.15. The number of anilines is 1. The zero-order valence-electron chi connectivity index (χ0n) is 14.8. The number of aromatic nitrogens is 4. The predicted molar refractivity (Wildman–Crippen MR) is 96.1 cm³/mol.